The summed E-state index contributed by atoms with van der Waals surface area (Å²) in [5, 5.41) is 4.48. The molecule has 86 valence electrons. The number of thiocarbonyl (C=S) groups is 1. The monoisotopic (exact) mass is 245 g/mol. The highest BCUT2D eigenvalue weighted by molar-refractivity contribution is 7.80. The summed E-state index contributed by atoms with van der Waals surface area (Å²) in [6.07, 6.45) is 0. The lowest BCUT2D eigenvalue weighted by atomic mass is 10.3. The number of urea groups is 1. The minimum atomic E-state index is -0.856. The average Bonchev–Trinajstić information content (AvgIpc) is 2.19. The Labute approximate surface area is 95.8 Å². The van der Waals surface area contributed by atoms with E-state index in [0.29, 0.717) is 6.07 Å². The second kappa shape index (κ2) is 5.36. The molecule has 4 nitrogen and oxygen atoms in total. The SMILES string of the molecule is NC(=S)CNC(=O)Nc1ccc(F)cc1F. The van der Waals surface area contributed by atoms with Gasteiger partial charge in [0.1, 0.15) is 11.6 Å². The molecule has 0 saturated heterocycles. The first kappa shape index (κ1) is 12.3. The molecule has 0 bridgehead atoms. The molecule has 1 aromatic rings. The number of halogens is 2. The van der Waals surface area contributed by atoms with E-state index in [0.717, 1.165) is 12.1 Å². The Morgan fingerprint density at radius 3 is 2.69 bits per heavy atom. The van der Waals surface area contributed by atoms with Crippen LogP contribution in [0.15, 0.2) is 18.2 Å². The molecule has 0 aromatic heterocycles. The van der Waals surface area contributed by atoms with Crippen LogP contribution in [0.2, 0.25) is 0 Å². The van der Waals surface area contributed by atoms with Crippen molar-refractivity contribution in [2.24, 2.45) is 5.73 Å². The van der Waals surface area contributed by atoms with Crippen molar-refractivity contribution in [1.82, 2.24) is 5.32 Å². The van der Waals surface area contributed by atoms with E-state index in [4.69, 9.17) is 5.73 Å². The first-order chi connectivity index (χ1) is 7.49. The van der Waals surface area contributed by atoms with Crippen LogP contribution in [-0.4, -0.2) is 17.6 Å². The summed E-state index contributed by atoms with van der Waals surface area (Å²) < 4.78 is 25.6. The average molecular weight is 245 g/mol. The van der Waals surface area contributed by atoms with E-state index in [-0.39, 0.29) is 17.2 Å². The number of rotatable bonds is 3. The van der Waals surface area contributed by atoms with Crippen molar-refractivity contribution in [3.8, 4) is 0 Å². The van der Waals surface area contributed by atoms with Crippen molar-refractivity contribution in [3.05, 3.63) is 29.8 Å². The normalized spacial score (nSPS) is 9.62. The fourth-order valence-electron chi connectivity index (χ4n) is 0.925. The van der Waals surface area contributed by atoms with Crippen molar-refractivity contribution in [2.75, 3.05) is 11.9 Å². The van der Waals surface area contributed by atoms with Gasteiger partial charge >= 0.3 is 6.03 Å². The number of anilines is 1. The smallest absolute Gasteiger partial charge is 0.319 e. The van der Waals surface area contributed by atoms with E-state index < -0.39 is 17.7 Å². The van der Waals surface area contributed by atoms with Crippen molar-refractivity contribution < 1.29 is 13.6 Å². The predicted octanol–water partition coefficient (Wildman–Crippen LogP) is 1.37. The molecule has 1 rings (SSSR count). The molecule has 0 atom stereocenters. The fourth-order valence-corrected chi connectivity index (χ4v) is 0.997. The number of amides is 2. The summed E-state index contributed by atoms with van der Waals surface area (Å²) in [4.78, 5) is 11.3. The molecule has 0 heterocycles. The molecule has 7 heteroatoms. The highest BCUT2D eigenvalue weighted by Gasteiger charge is 2.07. The number of nitrogens with one attached hydrogen (secondary N) is 2. The molecule has 0 aliphatic heterocycles. The zero-order valence-corrected chi connectivity index (χ0v) is 8.91. The number of hydrogen-bond donors (Lipinski definition) is 3. The Morgan fingerprint density at radius 2 is 2.12 bits per heavy atom. The molecule has 4 N–H and O–H groups in total. The summed E-state index contributed by atoms with van der Waals surface area (Å²) in [6, 6.07) is 2.15. The van der Waals surface area contributed by atoms with Crippen LogP contribution >= 0.6 is 12.2 Å². The lowest BCUT2D eigenvalue weighted by Crippen LogP contribution is -2.35. The first-order valence-corrected chi connectivity index (χ1v) is 4.68. The van der Waals surface area contributed by atoms with Crippen molar-refractivity contribution in [2.45, 2.75) is 0 Å². The van der Waals surface area contributed by atoms with Crippen LogP contribution in [0, 0.1) is 11.6 Å². The molecule has 0 aliphatic carbocycles. The van der Waals surface area contributed by atoms with Crippen LogP contribution in [0.5, 0.6) is 0 Å². The van der Waals surface area contributed by atoms with Gasteiger partial charge in [0.05, 0.1) is 17.2 Å². The zero-order valence-electron chi connectivity index (χ0n) is 8.09. The molecule has 0 aliphatic rings. The third kappa shape index (κ3) is 3.77. The third-order valence-electron chi connectivity index (χ3n) is 1.60. The van der Waals surface area contributed by atoms with E-state index in [2.05, 4.69) is 22.9 Å². The maximum absolute atomic E-state index is 13.1. The van der Waals surface area contributed by atoms with Crippen LogP contribution in [0.3, 0.4) is 0 Å². The van der Waals surface area contributed by atoms with Gasteiger partial charge in [0.25, 0.3) is 0 Å². The predicted molar refractivity (Wildman–Crippen MR) is 60.2 cm³/mol. The van der Waals surface area contributed by atoms with Gasteiger partial charge in [0.2, 0.25) is 0 Å². The number of carbonyl (C=O) groups excluding carboxylic acids is 1. The van der Waals surface area contributed by atoms with Gasteiger partial charge in [-0.1, -0.05) is 12.2 Å². The van der Waals surface area contributed by atoms with Gasteiger partial charge < -0.3 is 16.4 Å². The van der Waals surface area contributed by atoms with Gasteiger partial charge in [0.15, 0.2) is 0 Å². The lowest BCUT2D eigenvalue weighted by Gasteiger charge is -2.07. The Bertz CT molecular complexity index is 425. The molecule has 16 heavy (non-hydrogen) atoms. The van der Waals surface area contributed by atoms with Crippen LogP contribution < -0.4 is 16.4 Å². The van der Waals surface area contributed by atoms with Gasteiger partial charge in [-0.2, -0.15) is 0 Å². The summed E-state index contributed by atoms with van der Waals surface area (Å²) in [7, 11) is 0. The molecular formula is C9H9F2N3OS. The van der Waals surface area contributed by atoms with E-state index in [1.165, 1.54) is 0 Å². The summed E-state index contributed by atoms with van der Waals surface area (Å²) in [5.41, 5.74) is 5.03. The molecular weight excluding hydrogens is 236 g/mol. The summed E-state index contributed by atoms with van der Waals surface area (Å²) >= 11 is 4.53. The quantitative estimate of drug-likeness (QED) is 0.705. The van der Waals surface area contributed by atoms with Crippen molar-refractivity contribution >= 4 is 28.9 Å². The van der Waals surface area contributed by atoms with Gasteiger partial charge in [-0.05, 0) is 12.1 Å². The standard InChI is InChI=1S/C9H9F2N3OS/c10-5-1-2-7(6(11)3-5)14-9(15)13-4-8(12)16/h1-3H,4H2,(H2,12,16)(H2,13,14,15). The molecule has 0 spiro atoms. The molecule has 1 aromatic carbocycles. The minimum absolute atomic E-state index is 0.00395. The minimum Gasteiger partial charge on any atom is -0.392 e. The molecule has 0 fully saturated rings. The van der Waals surface area contributed by atoms with Gasteiger partial charge in [-0.15, -0.1) is 0 Å². The van der Waals surface area contributed by atoms with Crippen molar-refractivity contribution in [1.29, 1.82) is 0 Å². The summed E-state index contributed by atoms with van der Waals surface area (Å²) in [6.45, 7) is 0.00395. The first-order valence-electron chi connectivity index (χ1n) is 4.27. The second-order valence-electron chi connectivity index (χ2n) is 2.90. The van der Waals surface area contributed by atoms with Crippen molar-refractivity contribution in [3.63, 3.8) is 0 Å². The Hall–Kier alpha value is -1.76. The maximum atomic E-state index is 13.1. The Kier molecular flexibility index (Phi) is 4.12. The number of hydrogen-bond acceptors (Lipinski definition) is 2. The van der Waals surface area contributed by atoms with E-state index in [1.807, 2.05) is 0 Å². The third-order valence-corrected chi connectivity index (χ3v) is 1.75. The second-order valence-corrected chi connectivity index (χ2v) is 3.42. The van der Waals surface area contributed by atoms with E-state index in [9.17, 15) is 13.6 Å². The number of benzene rings is 1. The number of carbonyl (C=O) groups is 1. The number of nitrogens with two attached hydrogens (primary N) is 1. The largest absolute Gasteiger partial charge is 0.392 e. The molecule has 2 amide bonds. The van der Waals surface area contributed by atoms with E-state index >= 15 is 0 Å². The fraction of sp³-hybridized carbons (Fsp3) is 0.111. The van der Waals surface area contributed by atoms with Crippen LogP contribution in [0.4, 0.5) is 19.3 Å². The molecule has 0 unspecified atom stereocenters. The highest BCUT2D eigenvalue weighted by atomic mass is 32.1. The Morgan fingerprint density at radius 1 is 1.44 bits per heavy atom. The van der Waals surface area contributed by atoms with E-state index in [1.54, 1.807) is 0 Å². The van der Waals surface area contributed by atoms with Gasteiger partial charge in [-0.3, -0.25) is 0 Å². The molecule has 0 radical (unpaired) electrons. The topological polar surface area (TPSA) is 67.1 Å². The van der Waals surface area contributed by atoms with Crippen LogP contribution in [-0.2, 0) is 0 Å². The summed E-state index contributed by atoms with van der Waals surface area (Å²) in [5.74, 6) is -1.57. The van der Waals surface area contributed by atoms with Gasteiger partial charge in [0, 0.05) is 6.07 Å². The zero-order chi connectivity index (χ0) is 12.1. The van der Waals surface area contributed by atoms with Gasteiger partial charge in [-0.25, -0.2) is 13.6 Å². The van der Waals surface area contributed by atoms with Crippen LogP contribution in [0.1, 0.15) is 0 Å². The Balaban J connectivity index is 2.59. The lowest BCUT2D eigenvalue weighted by molar-refractivity contribution is 0.253. The molecule has 0 saturated carbocycles. The maximum Gasteiger partial charge on any atom is 0.319 e. The van der Waals surface area contributed by atoms with Crippen LogP contribution in [0.25, 0.3) is 0 Å². The highest BCUT2D eigenvalue weighted by Crippen LogP contribution is 2.14.